The van der Waals surface area contributed by atoms with Gasteiger partial charge in [-0.25, -0.2) is 8.42 Å². The Morgan fingerprint density at radius 1 is 1.00 bits per heavy atom. The lowest BCUT2D eigenvalue weighted by atomic mass is 10.2. The van der Waals surface area contributed by atoms with Gasteiger partial charge in [-0.1, -0.05) is 17.7 Å². The van der Waals surface area contributed by atoms with Gasteiger partial charge in [0.05, 0.1) is 4.90 Å². The van der Waals surface area contributed by atoms with Gasteiger partial charge < -0.3 is 0 Å². The third kappa shape index (κ3) is 3.65. The minimum absolute atomic E-state index is 0.276. The van der Waals surface area contributed by atoms with E-state index in [1.807, 2.05) is 0 Å². The summed E-state index contributed by atoms with van der Waals surface area (Å²) in [5.74, 6) is 0. The van der Waals surface area contributed by atoms with E-state index in [9.17, 15) is 30.0 Å². The molecule has 0 amide bonds. The molecular weight excluding hydrogens is 349 g/mol. The van der Waals surface area contributed by atoms with Crippen molar-refractivity contribution in [2.45, 2.75) is 30.4 Å². The highest BCUT2D eigenvalue weighted by atomic mass is 32.4. The van der Waals surface area contributed by atoms with E-state index >= 15 is 0 Å². The maximum Gasteiger partial charge on any atom is 0.522 e. The van der Waals surface area contributed by atoms with Crippen LogP contribution in [-0.4, -0.2) is 29.8 Å². The average Bonchev–Trinajstić information content (AvgIpc) is 2.26. The monoisotopic (exact) mass is 362 g/mol. The fourth-order valence-corrected chi connectivity index (χ4v) is 8.99. The predicted octanol–water partition coefficient (Wildman–Crippen LogP) is 2.34. The summed E-state index contributed by atoms with van der Waals surface area (Å²) in [7, 11) is -14.6. The standard InChI is InChI=1S/C10H13F3O5S2Si/c1-8-4-6-9(7-5-8)19(14,15)21(2,3)18-20(16,17)10(11,12)13/h4-7H,1-3H3. The number of alkyl halides is 3. The summed E-state index contributed by atoms with van der Waals surface area (Å²) in [4.78, 5) is -0.276. The van der Waals surface area contributed by atoms with Crippen molar-refractivity contribution in [1.29, 1.82) is 0 Å². The van der Waals surface area contributed by atoms with Gasteiger partial charge in [0.15, 0.2) is 9.29 Å². The lowest BCUT2D eigenvalue weighted by Gasteiger charge is -2.22. The highest BCUT2D eigenvalue weighted by Gasteiger charge is 2.54. The molecule has 0 saturated heterocycles. The molecule has 0 atom stereocenters. The van der Waals surface area contributed by atoms with Crippen LogP contribution in [0.3, 0.4) is 0 Å². The summed E-state index contributed by atoms with van der Waals surface area (Å²) in [5.41, 5.74) is -4.92. The lowest BCUT2D eigenvalue weighted by molar-refractivity contribution is -0.0502. The molecule has 0 heterocycles. The molecule has 0 aliphatic rings. The highest BCUT2D eigenvalue weighted by Crippen LogP contribution is 2.31. The first kappa shape index (κ1) is 18.1. The van der Waals surface area contributed by atoms with E-state index < -0.39 is 32.4 Å². The third-order valence-corrected chi connectivity index (χ3v) is 13.0. The Labute approximate surface area is 121 Å². The van der Waals surface area contributed by atoms with Gasteiger partial charge in [0, 0.05) is 0 Å². The third-order valence-electron chi connectivity index (χ3n) is 2.57. The molecular formula is C10H13F3O5S2Si. The highest BCUT2D eigenvalue weighted by molar-refractivity contribution is 8.22. The Kier molecular flexibility index (Phi) is 4.64. The molecule has 0 aromatic heterocycles. The molecule has 0 bridgehead atoms. The largest absolute Gasteiger partial charge is 0.522 e. The molecule has 0 unspecified atom stereocenters. The van der Waals surface area contributed by atoms with Gasteiger partial charge >= 0.3 is 23.1 Å². The molecule has 21 heavy (non-hydrogen) atoms. The molecule has 1 rings (SSSR count). The van der Waals surface area contributed by atoms with Gasteiger partial charge in [-0.15, -0.1) is 0 Å². The molecule has 1 aromatic carbocycles. The molecule has 0 saturated carbocycles. The summed E-state index contributed by atoms with van der Waals surface area (Å²) < 4.78 is 87.6. The predicted molar refractivity (Wildman–Crippen MR) is 71.9 cm³/mol. The molecule has 0 aliphatic heterocycles. The van der Waals surface area contributed by atoms with Crippen LogP contribution < -0.4 is 0 Å². The van der Waals surface area contributed by atoms with Crippen molar-refractivity contribution in [2.75, 3.05) is 0 Å². The molecule has 5 nitrogen and oxygen atoms in total. The maximum absolute atomic E-state index is 12.3. The number of benzene rings is 1. The van der Waals surface area contributed by atoms with Gasteiger partial charge in [0.1, 0.15) is 0 Å². The van der Waals surface area contributed by atoms with Crippen molar-refractivity contribution in [1.82, 2.24) is 0 Å². The average molecular weight is 362 g/mol. The van der Waals surface area contributed by atoms with Gasteiger partial charge in [-0.3, -0.25) is 3.87 Å². The zero-order valence-corrected chi connectivity index (χ0v) is 13.9. The Bertz CT molecular complexity index is 721. The van der Waals surface area contributed by atoms with E-state index in [2.05, 4.69) is 3.87 Å². The van der Waals surface area contributed by atoms with E-state index in [1.165, 1.54) is 24.3 Å². The summed E-state index contributed by atoms with van der Waals surface area (Å²) in [6, 6.07) is 5.30. The Morgan fingerprint density at radius 2 is 1.43 bits per heavy atom. The Hall–Kier alpha value is -0.913. The van der Waals surface area contributed by atoms with Crippen LogP contribution in [-0.2, 0) is 23.3 Å². The molecule has 120 valence electrons. The van der Waals surface area contributed by atoms with Gasteiger partial charge in [0.25, 0.3) is 0 Å². The first-order chi connectivity index (χ1) is 9.21. The van der Waals surface area contributed by atoms with E-state index in [-0.39, 0.29) is 4.90 Å². The normalized spacial score (nSPS) is 14.2. The van der Waals surface area contributed by atoms with Crippen LogP contribution in [0.25, 0.3) is 0 Å². The van der Waals surface area contributed by atoms with Crippen LogP contribution in [0, 0.1) is 6.92 Å². The summed E-state index contributed by atoms with van der Waals surface area (Å²) in [5, 5.41) is 0. The second-order valence-electron chi connectivity index (χ2n) is 4.70. The lowest BCUT2D eigenvalue weighted by Crippen LogP contribution is -2.45. The van der Waals surface area contributed by atoms with E-state index in [1.54, 1.807) is 6.92 Å². The molecule has 0 radical (unpaired) electrons. The smallest absolute Gasteiger partial charge is 0.289 e. The zero-order chi connectivity index (χ0) is 16.7. The van der Waals surface area contributed by atoms with E-state index in [0.717, 1.165) is 18.7 Å². The topological polar surface area (TPSA) is 77.5 Å². The van der Waals surface area contributed by atoms with Crippen LogP contribution in [0.4, 0.5) is 13.2 Å². The molecule has 11 heteroatoms. The number of hydrogen-bond donors (Lipinski definition) is 0. The van der Waals surface area contributed by atoms with Crippen LogP contribution in [0.2, 0.25) is 13.1 Å². The van der Waals surface area contributed by atoms with Crippen molar-refractivity contribution >= 4 is 26.9 Å². The number of hydrogen-bond acceptors (Lipinski definition) is 5. The summed E-state index contributed by atoms with van der Waals surface area (Å²) >= 11 is 0. The minimum Gasteiger partial charge on any atom is -0.289 e. The van der Waals surface area contributed by atoms with Crippen molar-refractivity contribution in [3.8, 4) is 0 Å². The molecule has 0 spiro atoms. The molecule has 0 fully saturated rings. The molecule has 1 aromatic rings. The van der Waals surface area contributed by atoms with Gasteiger partial charge in [-0.05, 0) is 32.2 Å². The first-order valence-corrected chi connectivity index (χ1v) is 12.1. The summed E-state index contributed by atoms with van der Waals surface area (Å²) in [6.07, 6.45) is 0. The van der Waals surface area contributed by atoms with Crippen LogP contribution >= 0.6 is 0 Å². The van der Waals surface area contributed by atoms with Gasteiger partial charge in [0.2, 0.25) is 0 Å². The fraction of sp³-hybridized carbons (Fsp3) is 0.400. The second-order valence-corrected chi connectivity index (χ2v) is 15.6. The maximum atomic E-state index is 12.3. The number of rotatable bonds is 4. The van der Waals surface area contributed by atoms with E-state index in [0.29, 0.717) is 0 Å². The van der Waals surface area contributed by atoms with Crippen molar-refractivity contribution in [3.63, 3.8) is 0 Å². The molecule has 0 N–H and O–H groups in total. The Morgan fingerprint density at radius 3 is 1.81 bits per heavy atom. The zero-order valence-electron chi connectivity index (χ0n) is 11.3. The SMILES string of the molecule is Cc1ccc(S(=O)(=O)[Si](C)(C)OS(=O)(=O)C(F)(F)F)cc1. The van der Waals surface area contributed by atoms with Crippen molar-refractivity contribution in [3.05, 3.63) is 29.8 Å². The second kappa shape index (κ2) is 5.37. The fourth-order valence-electron chi connectivity index (χ4n) is 1.36. The Balaban J connectivity index is 3.27. The van der Waals surface area contributed by atoms with Crippen LogP contribution in [0.5, 0.6) is 0 Å². The quantitative estimate of drug-likeness (QED) is 0.607. The van der Waals surface area contributed by atoms with E-state index in [4.69, 9.17) is 0 Å². The number of halogens is 3. The number of aryl methyl sites for hydroxylation is 1. The molecule has 0 aliphatic carbocycles. The van der Waals surface area contributed by atoms with Gasteiger partial charge in [-0.2, -0.15) is 21.6 Å². The van der Waals surface area contributed by atoms with Crippen molar-refractivity contribution in [2.24, 2.45) is 0 Å². The summed E-state index contributed by atoms with van der Waals surface area (Å²) in [6.45, 7) is 3.46. The van der Waals surface area contributed by atoms with Crippen LogP contribution in [0.15, 0.2) is 29.2 Å². The van der Waals surface area contributed by atoms with Crippen molar-refractivity contribution < 1.29 is 33.9 Å². The first-order valence-electron chi connectivity index (χ1n) is 5.54. The van der Waals surface area contributed by atoms with Crippen LogP contribution in [0.1, 0.15) is 5.56 Å². The minimum atomic E-state index is -5.97.